The van der Waals surface area contributed by atoms with Crippen LogP contribution in [-0.2, 0) is 4.79 Å². The van der Waals surface area contributed by atoms with Gasteiger partial charge in [0.15, 0.2) is 21.8 Å². The zero-order chi connectivity index (χ0) is 12.3. The molecule has 1 aromatic heterocycles. The molecule has 0 aliphatic rings. The molecule has 0 fully saturated rings. The molecule has 17 heavy (non-hydrogen) atoms. The fourth-order valence-corrected chi connectivity index (χ4v) is 1.73. The molecule has 0 N–H and O–H groups in total. The Hall–Kier alpha value is -1.74. The maximum absolute atomic E-state index is 10.2. The Kier molecular flexibility index (Phi) is 3.49. The summed E-state index contributed by atoms with van der Waals surface area (Å²) in [4.78, 5) is 21.6. The van der Waals surface area contributed by atoms with E-state index >= 15 is 0 Å². The Labute approximate surface area is 107 Å². The van der Waals surface area contributed by atoms with E-state index in [1.165, 1.54) is 6.08 Å². The van der Waals surface area contributed by atoms with E-state index in [1.807, 2.05) is 30.3 Å². The molecule has 0 saturated carbocycles. The van der Waals surface area contributed by atoms with Crippen LogP contribution in [0.1, 0.15) is 0 Å². The van der Waals surface area contributed by atoms with Gasteiger partial charge in [-0.2, -0.15) is 4.99 Å². The van der Waals surface area contributed by atoms with Crippen molar-refractivity contribution in [3.05, 3.63) is 40.6 Å². The van der Waals surface area contributed by atoms with E-state index in [0.717, 1.165) is 5.56 Å². The summed E-state index contributed by atoms with van der Waals surface area (Å²) >= 11 is 11.7. The number of nitrogens with zero attached hydrogens (tertiary/aromatic N) is 3. The molecule has 0 aliphatic heterocycles. The van der Waals surface area contributed by atoms with Gasteiger partial charge in [-0.1, -0.05) is 53.5 Å². The van der Waals surface area contributed by atoms with Crippen LogP contribution in [0.25, 0.3) is 11.4 Å². The molecule has 6 heteroatoms. The van der Waals surface area contributed by atoms with Crippen molar-refractivity contribution in [2.75, 3.05) is 0 Å². The predicted molar refractivity (Wildman–Crippen MR) is 65.3 cm³/mol. The highest BCUT2D eigenvalue weighted by molar-refractivity contribution is 6.37. The number of aromatic nitrogens is 2. The van der Waals surface area contributed by atoms with Gasteiger partial charge in [0.2, 0.25) is 6.08 Å². The number of aliphatic imine (C=N–C) groups is 1. The second-order valence-electron chi connectivity index (χ2n) is 3.05. The first-order valence-corrected chi connectivity index (χ1v) is 5.34. The second kappa shape index (κ2) is 5.06. The molecule has 0 radical (unpaired) electrons. The lowest BCUT2D eigenvalue weighted by Crippen LogP contribution is -1.91. The summed E-state index contributed by atoms with van der Waals surface area (Å²) in [6.45, 7) is 0. The maximum Gasteiger partial charge on any atom is 0.240 e. The molecule has 0 saturated heterocycles. The lowest BCUT2D eigenvalue weighted by atomic mass is 10.2. The van der Waals surface area contributed by atoms with Crippen LogP contribution in [-0.4, -0.2) is 16.0 Å². The number of rotatable bonds is 2. The number of benzene rings is 1. The van der Waals surface area contributed by atoms with E-state index in [4.69, 9.17) is 23.2 Å². The molecule has 2 aromatic rings. The van der Waals surface area contributed by atoms with Gasteiger partial charge in [0.1, 0.15) is 0 Å². The number of hydrogen-bond donors (Lipinski definition) is 0. The molecular weight excluding hydrogens is 261 g/mol. The Balaban J connectivity index is 2.57. The van der Waals surface area contributed by atoms with Gasteiger partial charge >= 0.3 is 0 Å². The van der Waals surface area contributed by atoms with E-state index in [0.29, 0.717) is 5.82 Å². The van der Waals surface area contributed by atoms with Crippen LogP contribution in [0.3, 0.4) is 0 Å². The maximum atomic E-state index is 10.2. The van der Waals surface area contributed by atoms with Crippen LogP contribution in [0.5, 0.6) is 0 Å². The first-order valence-electron chi connectivity index (χ1n) is 4.58. The van der Waals surface area contributed by atoms with E-state index in [1.54, 1.807) is 0 Å². The molecule has 2 rings (SSSR count). The Bertz CT molecular complexity index is 572. The van der Waals surface area contributed by atoms with E-state index < -0.39 is 0 Å². The molecule has 0 spiro atoms. The average molecular weight is 266 g/mol. The minimum absolute atomic E-state index is 0.0206. The van der Waals surface area contributed by atoms with Gasteiger partial charge in [0, 0.05) is 5.56 Å². The topological polar surface area (TPSA) is 55.2 Å². The third kappa shape index (κ3) is 2.50. The highest BCUT2D eigenvalue weighted by Crippen LogP contribution is 2.31. The summed E-state index contributed by atoms with van der Waals surface area (Å²) in [6, 6.07) is 9.21. The largest absolute Gasteiger partial charge is 0.240 e. The Morgan fingerprint density at radius 2 is 1.65 bits per heavy atom. The average Bonchev–Trinajstić information content (AvgIpc) is 2.35. The normalized spacial score (nSPS) is 9.76. The van der Waals surface area contributed by atoms with Crippen molar-refractivity contribution in [2.45, 2.75) is 0 Å². The van der Waals surface area contributed by atoms with Gasteiger partial charge in [-0.3, -0.25) is 0 Å². The highest BCUT2D eigenvalue weighted by Gasteiger charge is 2.11. The summed E-state index contributed by atoms with van der Waals surface area (Å²) < 4.78 is 0. The predicted octanol–water partition coefficient (Wildman–Crippen LogP) is 3.42. The molecule has 0 bridgehead atoms. The Morgan fingerprint density at radius 1 is 1.06 bits per heavy atom. The van der Waals surface area contributed by atoms with Gasteiger partial charge in [0.05, 0.1) is 0 Å². The SMILES string of the molecule is O=C=Nc1c(Cl)nc(-c2ccccc2)nc1Cl. The van der Waals surface area contributed by atoms with E-state index in [2.05, 4.69) is 15.0 Å². The molecule has 84 valence electrons. The van der Waals surface area contributed by atoms with Crippen molar-refractivity contribution in [1.29, 1.82) is 0 Å². The fourth-order valence-electron chi connectivity index (χ4n) is 1.26. The first-order chi connectivity index (χ1) is 8.22. The highest BCUT2D eigenvalue weighted by atomic mass is 35.5. The van der Waals surface area contributed by atoms with Crippen molar-refractivity contribution < 1.29 is 4.79 Å². The van der Waals surface area contributed by atoms with Crippen molar-refractivity contribution in [2.24, 2.45) is 4.99 Å². The summed E-state index contributed by atoms with van der Waals surface area (Å²) in [5.41, 5.74) is 0.806. The lowest BCUT2D eigenvalue weighted by molar-refractivity contribution is 0.565. The molecule has 1 heterocycles. The lowest BCUT2D eigenvalue weighted by Gasteiger charge is -2.03. The zero-order valence-corrected chi connectivity index (χ0v) is 9.90. The molecule has 0 amide bonds. The van der Waals surface area contributed by atoms with Gasteiger partial charge in [-0.05, 0) is 0 Å². The number of carbonyl (C=O) groups excluding carboxylic acids is 1. The monoisotopic (exact) mass is 265 g/mol. The summed E-state index contributed by atoms with van der Waals surface area (Å²) in [7, 11) is 0. The van der Waals surface area contributed by atoms with Gasteiger partial charge < -0.3 is 0 Å². The third-order valence-corrected chi connectivity index (χ3v) is 2.52. The van der Waals surface area contributed by atoms with Crippen molar-refractivity contribution in [3.63, 3.8) is 0 Å². The van der Waals surface area contributed by atoms with E-state index in [9.17, 15) is 4.79 Å². The van der Waals surface area contributed by atoms with Crippen LogP contribution >= 0.6 is 23.2 Å². The standard InChI is InChI=1S/C11H5Cl2N3O/c12-9-8(14-6-17)10(13)16-11(15-9)7-4-2-1-3-5-7/h1-5H. The molecule has 1 aromatic carbocycles. The minimum Gasteiger partial charge on any atom is -0.214 e. The summed E-state index contributed by atoms with van der Waals surface area (Å²) in [6.07, 6.45) is 1.35. The van der Waals surface area contributed by atoms with Crippen LogP contribution in [0.4, 0.5) is 5.69 Å². The third-order valence-electron chi connectivity index (χ3n) is 1.99. The first kappa shape index (κ1) is 11.7. The van der Waals surface area contributed by atoms with Crippen LogP contribution < -0.4 is 0 Å². The molecule has 4 nitrogen and oxygen atoms in total. The van der Waals surface area contributed by atoms with Gasteiger partial charge in [0.25, 0.3) is 0 Å². The number of isocyanates is 1. The molecule has 0 unspecified atom stereocenters. The number of halogens is 2. The second-order valence-corrected chi connectivity index (χ2v) is 3.76. The number of hydrogen-bond acceptors (Lipinski definition) is 4. The van der Waals surface area contributed by atoms with Crippen molar-refractivity contribution in [1.82, 2.24) is 9.97 Å². The molecule has 0 atom stereocenters. The van der Waals surface area contributed by atoms with Gasteiger partial charge in [-0.15, -0.1) is 0 Å². The van der Waals surface area contributed by atoms with Crippen LogP contribution in [0, 0.1) is 0 Å². The van der Waals surface area contributed by atoms with E-state index in [-0.39, 0.29) is 16.0 Å². The van der Waals surface area contributed by atoms with Crippen molar-refractivity contribution in [3.8, 4) is 11.4 Å². The minimum atomic E-state index is 0.0206. The van der Waals surface area contributed by atoms with Gasteiger partial charge in [-0.25, -0.2) is 14.8 Å². The zero-order valence-electron chi connectivity index (χ0n) is 8.39. The summed E-state index contributed by atoms with van der Waals surface area (Å²) in [5, 5.41) is 0.0411. The smallest absolute Gasteiger partial charge is 0.214 e. The van der Waals surface area contributed by atoms with Crippen molar-refractivity contribution >= 4 is 35.0 Å². The van der Waals surface area contributed by atoms with Crippen LogP contribution in [0.2, 0.25) is 10.3 Å². The summed E-state index contributed by atoms with van der Waals surface area (Å²) in [5.74, 6) is 0.380. The quantitative estimate of drug-likeness (QED) is 0.475. The molecule has 0 aliphatic carbocycles. The fraction of sp³-hybridized carbons (Fsp3) is 0. The van der Waals surface area contributed by atoms with Crippen LogP contribution in [0.15, 0.2) is 35.3 Å². The molecular formula is C11H5Cl2N3O. The Morgan fingerprint density at radius 3 is 2.18 bits per heavy atom.